The molecule has 1 aliphatic heterocycles. The predicted octanol–water partition coefficient (Wildman–Crippen LogP) is 2.68. The lowest BCUT2D eigenvalue weighted by Gasteiger charge is -2.36. The SMILES string of the molecule is O=C(c1cc2ccccc2oc1=O)N1CC(c2nc(-c3ccco3)no2)C1. The van der Waals surface area contributed by atoms with Crippen molar-refractivity contribution in [2.75, 3.05) is 13.1 Å². The smallest absolute Gasteiger partial charge is 0.349 e. The van der Waals surface area contributed by atoms with E-state index in [4.69, 9.17) is 13.4 Å². The summed E-state index contributed by atoms with van der Waals surface area (Å²) in [6.45, 7) is 0.787. The van der Waals surface area contributed by atoms with Gasteiger partial charge in [0, 0.05) is 18.5 Å². The van der Waals surface area contributed by atoms with Crippen LogP contribution < -0.4 is 5.63 Å². The molecule has 3 aromatic heterocycles. The number of hydrogen-bond donors (Lipinski definition) is 0. The first-order chi connectivity index (χ1) is 13.2. The number of furan rings is 1. The predicted molar refractivity (Wildman–Crippen MR) is 93.1 cm³/mol. The van der Waals surface area contributed by atoms with Crippen molar-refractivity contribution in [2.45, 2.75) is 5.92 Å². The van der Waals surface area contributed by atoms with E-state index >= 15 is 0 Å². The lowest BCUT2D eigenvalue weighted by molar-refractivity contribution is 0.0565. The van der Waals surface area contributed by atoms with E-state index in [9.17, 15) is 9.59 Å². The molecule has 0 aliphatic carbocycles. The van der Waals surface area contributed by atoms with Crippen LogP contribution in [0.4, 0.5) is 0 Å². The van der Waals surface area contributed by atoms with Gasteiger partial charge in [0.1, 0.15) is 11.1 Å². The highest BCUT2D eigenvalue weighted by Gasteiger charge is 2.37. The van der Waals surface area contributed by atoms with Gasteiger partial charge in [0.25, 0.3) is 5.91 Å². The summed E-state index contributed by atoms with van der Waals surface area (Å²) in [7, 11) is 0. The fourth-order valence-corrected chi connectivity index (χ4v) is 3.09. The van der Waals surface area contributed by atoms with Crippen LogP contribution in [0.1, 0.15) is 22.2 Å². The van der Waals surface area contributed by atoms with Gasteiger partial charge in [-0.2, -0.15) is 4.98 Å². The highest BCUT2D eigenvalue weighted by Crippen LogP contribution is 2.29. The fraction of sp³-hybridized carbons (Fsp3) is 0.158. The Morgan fingerprint density at radius 1 is 1.15 bits per heavy atom. The molecule has 0 radical (unpaired) electrons. The molecule has 0 spiro atoms. The molecule has 0 saturated carbocycles. The maximum atomic E-state index is 12.6. The van der Waals surface area contributed by atoms with Gasteiger partial charge < -0.3 is 18.3 Å². The molecule has 134 valence electrons. The van der Waals surface area contributed by atoms with Gasteiger partial charge in [-0.25, -0.2) is 4.79 Å². The lowest BCUT2D eigenvalue weighted by atomic mass is 9.99. The van der Waals surface area contributed by atoms with E-state index in [1.807, 2.05) is 6.07 Å². The zero-order valence-corrected chi connectivity index (χ0v) is 14.0. The summed E-state index contributed by atoms with van der Waals surface area (Å²) in [5.74, 6) is 0.895. The summed E-state index contributed by atoms with van der Waals surface area (Å²) in [6, 6.07) is 12.1. The van der Waals surface area contributed by atoms with Crippen LogP contribution in [0, 0.1) is 0 Å². The van der Waals surface area contributed by atoms with Crippen molar-refractivity contribution in [2.24, 2.45) is 0 Å². The van der Waals surface area contributed by atoms with E-state index in [2.05, 4.69) is 10.1 Å². The second-order valence-corrected chi connectivity index (χ2v) is 6.33. The topological polar surface area (TPSA) is 103 Å². The van der Waals surface area contributed by atoms with Crippen LogP contribution in [0.3, 0.4) is 0 Å². The van der Waals surface area contributed by atoms with Crippen LogP contribution in [0.15, 0.2) is 66.9 Å². The molecule has 0 atom stereocenters. The molecule has 8 nitrogen and oxygen atoms in total. The summed E-state index contributed by atoms with van der Waals surface area (Å²) in [6.07, 6.45) is 1.53. The Labute approximate surface area is 152 Å². The fourth-order valence-electron chi connectivity index (χ4n) is 3.09. The molecule has 1 aromatic carbocycles. The number of rotatable bonds is 3. The summed E-state index contributed by atoms with van der Waals surface area (Å²) in [4.78, 5) is 30.7. The van der Waals surface area contributed by atoms with Crippen LogP contribution in [0.5, 0.6) is 0 Å². The summed E-state index contributed by atoms with van der Waals surface area (Å²) >= 11 is 0. The van der Waals surface area contributed by atoms with Crippen molar-refractivity contribution in [3.63, 3.8) is 0 Å². The number of para-hydroxylation sites is 1. The number of carbonyl (C=O) groups excluding carboxylic acids is 1. The minimum atomic E-state index is -0.639. The van der Waals surface area contributed by atoms with E-state index in [0.29, 0.717) is 41.5 Å². The van der Waals surface area contributed by atoms with Gasteiger partial charge in [0.2, 0.25) is 11.7 Å². The average Bonchev–Trinajstić information content (AvgIpc) is 3.31. The molecule has 0 bridgehead atoms. The summed E-state index contributed by atoms with van der Waals surface area (Å²) < 4.78 is 15.7. The van der Waals surface area contributed by atoms with E-state index in [-0.39, 0.29) is 17.4 Å². The minimum Gasteiger partial charge on any atom is -0.461 e. The first-order valence-corrected chi connectivity index (χ1v) is 8.39. The third kappa shape index (κ3) is 2.62. The molecule has 27 heavy (non-hydrogen) atoms. The average molecular weight is 363 g/mol. The zero-order valence-electron chi connectivity index (χ0n) is 14.0. The Kier molecular flexibility index (Phi) is 3.43. The quantitative estimate of drug-likeness (QED) is 0.516. The van der Waals surface area contributed by atoms with Crippen molar-refractivity contribution in [3.05, 3.63) is 70.6 Å². The highest BCUT2D eigenvalue weighted by molar-refractivity contribution is 5.97. The van der Waals surface area contributed by atoms with E-state index in [1.54, 1.807) is 41.3 Å². The largest absolute Gasteiger partial charge is 0.461 e. The molecular formula is C19H13N3O5. The minimum absolute atomic E-state index is 0.0222. The molecule has 4 aromatic rings. The van der Waals surface area contributed by atoms with Crippen molar-refractivity contribution >= 4 is 16.9 Å². The van der Waals surface area contributed by atoms with Gasteiger partial charge in [0.05, 0.1) is 12.2 Å². The number of likely N-dealkylation sites (tertiary alicyclic amines) is 1. The highest BCUT2D eigenvalue weighted by atomic mass is 16.5. The lowest BCUT2D eigenvalue weighted by Crippen LogP contribution is -2.49. The molecule has 1 aliphatic rings. The van der Waals surface area contributed by atoms with Gasteiger partial charge in [-0.3, -0.25) is 4.79 Å². The standard InChI is InChI=1S/C19H13N3O5/c23-18(13-8-11-4-1-2-5-14(11)26-19(13)24)22-9-12(10-22)17-20-16(21-27-17)15-6-3-7-25-15/h1-8,12H,9-10H2. The third-order valence-electron chi connectivity index (χ3n) is 4.57. The first kappa shape index (κ1) is 15.6. The molecular weight excluding hydrogens is 350 g/mol. The molecule has 0 N–H and O–H groups in total. The molecule has 8 heteroatoms. The number of carbonyl (C=O) groups is 1. The molecule has 4 heterocycles. The van der Waals surface area contributed by atoms with E-state index in [1.165, 1.54) is 6.26 Å². The van der Waals surface area contributed by atoms with Gasteiger partial charge in [-0.05, 0) is 24.3 Å². The van der Waals surface area contributed by atoms with Crippen molar-refractivity contribution in [3.8, 4) is 11.6 Å². The Bertz CT molecular complexity index is 1190. The number of amides is 1. The van der Waals surface area contributed by atoms with Gasteiger partial charge >= 0.3 is 5.63 Å². The Morgan fingerprint density at radius 2 is 2.00 bits per heavy atom. The number of aromatic nitrogens is 2. The molecule has 5 rings (SSSR count). The van der Waals surface area contributed by atoms with Crippen molar-refractivity contribution in [1.82, 2.24) is 15.0 Å². The maximum Gasteiger partial charge on any atom is 0.349 e. The second kappa shape index (κ2) is 5.94. The van der Waals surface area contributed by atoms with Gasteiger partial charge in [-0.15, -0.1) is 0 Å². The number of fused-ring (bicyclic) bond motifs is 1. The number of benzene rings is 1. The molecule has 1 saturated heterocycles. The Morgan fingerprint density at radius 3 is 2.81 bits per heavy atom. The summed E-state index contributed by atoms with van der Waals surface area (Å²) in [5, 5.41) is 4.60. The van der Waals surface area contributed by atoms with E-state index < -0.39 is 5.63 Å². The van der Waals surface area contributed by atoms with Crippen LogP contribution >= 0.6 is 0 Å². The molecule has 1 amide bonds. The first-order valence-electron chi connectivity index (χ1n) is 8.39. The monoisotopic (exact) mass is 363 g/mol. The van der Waals surface area contributed by atoms with Crippen LogP contribution in [-0.4, -0.2) is 34.0 Å². The summed E-state index contributed by atoms with van der Waals surface area (Å²) in [5.41, 5.74) is -0.161. The van der Waals surface area contributed by atoms with Gasteiger partial charge in [0.15, 0.2) is 5.76 Å². The van der Waals surface area contributed by atoms with Crippen LogP contribution in [-0.2, 0) is 0 Å². The maximum absolute atomic E-state index is 12.6. The van der Waals surface area contributed by atoms with E-state index in [0.717, 1.165) is 0 Å². The third-order valence-corrected chi connectivity index (χ3v) is 4.57. The van der Waals surface area contributed by atoms with Crippen molar-refractivity contribution < 1.29 is 18.2 Å². The van der Waals surface area contributed by atoms with Gasteiger partial charge in [-0.1, -0.05) is 23.4 Å². The Balaban J connectivity index is 1.33. The van der Waals surface area contributed by atoms with Crippen molar-refractivity contribution in [1.29, 1.82) is 0 Å². The number of hydrogen-bond acceptors (Lipinski definition) is 7. The second-order valence-electron chi connectivity index (χ2n) is 6.33. The number of nitrogens with zero attached hydrogens (tertiary/aromatic N) is 3. The normalized spacial score (nSPS) is 14.4. The van der Waals surface area contributed by atoms with Crippen LogP contribution in [0.2, 0.25) is 0 Å². The zero-order chi connectivity index (χ0) is 18.4. The molecule has 0 unspecified atom stereocenters. The van der Waals surface area contributed by atoms with Crippen LogP contribution in [0.25, 0.3) is 22.6 Å². The Hall–Kier alpha value is -3.68. The molecule has 1 fully saturated rings.